The fourth-order valence-electron chi connectivity index (χ4n) is 1.73. The zero-order valence-corrected chi connectivity index (χ0v) is 12.0. The Morgan fingerprint density at radius 3 is 2.94 bits per heavy atom. The van der Waals surface area contributed by atoms with Crippen molar-refractivity contribution < 1.29 is 14.3 Å². The number of rotatable bonds is 1. The molecule has 5 nitrogen and oxygen atoms in total. The van der Waals surface area contributed by atoms with Gasteiger partial charge < -0.3 is 14.8 Å². The van der Waals surface area contributed by atoms with Gasteiger partial charge in [0, 0.05) is 12.7 Å². The molecule has 1 fully saturated rings. The summed E-state index contributed by atoms with van der Waals surface area (Å²) >= 11 is 1.58. The van der Waals surface area contributed by atoms with Crippen LogP contribution < -0.4 is 5.32 Å². The molecular formula is C12H20N2O3S. The summed E-state index contributed by atoms with van der Waals surface area (Å²) in [6, 6.07) is 0. The Bertz CT molecular complexity index is 365. The van der Waals surface area contributed by atoms with E-state index in [1.165, 1.54) is 0 Å². The molecule has 0 saturated carbocycles. The van der Waals surface area contributed by atoms with Gasteiger partial charge in [0.1, 0.15) is 11.0 Å². The van der Waals surface area contributed by atoms with E-state index >= 15 is 0 Å². The minimum absolute atomic E-state index is 0.0219. The highest BCUT2D eigenvalue weighted by Gasteiger charge is 2.36. The molecule has 0 radical (unpaired) electrons. The lowest BCUT2D eigenvalue weighted by Crippen LogP contribution is -2.43. The van der Waals surface area contributed by atoms with Gasteiger partial charge in [-0.05, 0) is 27.2 Å². The molecule has 102 valence electrons. The first-order chi connectivity index (χ1) is 8.37. The number of hydrogen-bond donors (Lipinski definition) is 1. The van der Waals surface area contributed by atoms with Crippen molar-refractivity contribution in [1.82, 2.24) is 10.2 Å². The van der Waals surface area contributed by atoms with Gasteiger partial charge in [-0.2, -0.15) is 0 Å². The third-order valence-corrected chi connectivity index (χ3v) is 3.91. The van der Waals surface area contributed by atoms with E-state index in [9.17, 15) is 4.79 Å². The Kier molecular flexibility index (Phi) is 3.77. The standard InChI is InChI=1S/C12H20N2O3S/c1-12(2,3)17-11(15)14(4)10-13-8-6-5-7-16-9(8)18-10/h6,9-10,13H,5,7H2,1-4H3. The maximum atomic E-state index is 11.9. The van der Waals surface area contributed by atoms with Crippen molar-refractivity contribution >= 4 is 17.9 Å². The number of nitrogens with zero attached hydrogens (tertiary/aromatic N) is 1. The number of carbonyl (C=O) groups is 1. The van der Waals surface area contributed by atoms with Gasteiger partial charge >= 0.3 is 6.09 Å². The maximum Gasteiger partial charge on any atom is 0.412 e. The molecule has 0 aromatic carbocycles. The second kappa shape index (κ2) is 5.01. The third-order valence-electron chi connectivity index (χ3n) is 2.58. The van der Waals surface area contributed by atoms with Crippen molar-refractivity contribution in [2.75, 3.05) is 13.7 Å². The maximum absolute atomic E-state index is 11.9. The Labute approximate surface area is 112 Å². The average Bonchev–Trinajstić information content (AvgIpc) is 2.68. The molecule has 0 aliphatic carbocycles. The largest absolute Gasteiger partial charge is 0.444 e. The van der Waals surface area contributed by atoms with E-state index in [4.69, 9.17) is 9.47 Å². The number of thioether (sulfide) groups is 1. The van der Waals surface area contributed by atoms with Crippen molar-refractivity contribution in [3.8, 4) is 0 Å². The molecule has 2 aliphatic heterocycles. The molecule has 1 saturated heterocycles. The van der Waals surface area contributed by atoms with Gasteiger partial charge in [-0.1, -0.05) is 17.8 Å². The molecule has 1 N–H and O–H groups in total. The van der Waals surface area contributed by atoms with Gasteiger partial charge in [-0.3, -0.25) is 4.90 Å². The van der Waals surface area contributed by atoms with Crippen LogP contribution in [-0.2, 0) is 9.47 Å². The van der Waals surface area contributed by atoms with E-state index in [1.54, 1.807) is 23.7 Å². The first kappa shape index (κ1) is 13.5. The summed E-state index contributed by atoms with van der Waals surface area (Å²) in [5, 5.41) is 3.28. The van der Waals surface area contributed by atoms with Gasteiger partial charge in [0.05, 0.1) is 6.61 Å². The summed E-state index contributed by atoms with van der Waals surface area (Å²) in [6.07, 6.45) is 2.72. The summed E-state index contributed by atoms with van der Waals surface area (Å²) in [5.41, 5.74) is 0.478. The molecule has 0 aromatic heterocycles. The van der Waals surface area contributed by atoms with Crippen LogP contribution in [0.15, 0.2) is 11.8 Å². The molecular weight excluding hydrogens is 252 g/mol. The summed E-state index contributed by atoms with van der Waals surface area (Å²) in [5.74, 6) is 0. The van der Waals surface area contributed by atoms with Gasteiger partial charge in [0.2, 0.25) is 0 Å². The number of carbonyl (C=O) groups excluding carboxylic acids is 1. The minimum atomic E-state index is -0.475. The molecule has 2 unspecified atom stereocenters. The Morgan fingerprint density at radius 2 is 2.33 bits per heavy atom. The molecule has 18 heavy (non-hydrogen) atoms. The number of fused-ring (bicyclic) bond motifs is 1. The van der Waals surface area contributed by atoms with Crippen LogP contribution >= 0.6 is 11.8 Å². The molecule has 0 aromatic rings. The fourth-order valence-corrected chi connectivity index (χ4v) is 2.92. The molecule has 6 heteroatoms. The Morgan fingerprint density at radius 1 is 1.61 bits per heavy atom. The van der Waals surface area contributed by atoms with Crippen LogP contribution in [0.4, 0.5) is 4.79 Å². The monoisotopic (exact) mass is 272 g/mol. The van der Waals surface area contributed by atoms with Gasteiger partial charge in [0.25, 0.3) is 0 Å². The molecule has 2 heterocycles. The number of nitrogens with one attached hydrogen (secondary N) is 1. The lowest BCUT2D eigenvalue weighted by atomic mass is 10.2. The van der Waals surface area contributed by atoms with E-state index in [0.29, 0.717) is 0 Å². The molecule has 2 aliphatic rings. The number of hydrogen-bond acceptors (Lipinski definition) is 5. The predicted molar refractivity (Wildman–Crippen MR) is 71.0 cm³/mol. The molecule has 0 bridgehead atoms. The topological polar surface area (TPSA) is 50.8 Å². The number of ether oxygens (including phenoxy) is 2. The van der Waals surface area contributed by atoms with Gasteiger partial charge in [-0.15, -0.1) is 0 Å². The highest BCUT2D eigenvalue weighted by atomic mass is 32.2. The van der Waals surface area contributed by atoms with Gasteiger partial charge in [-0.25, -0.2) is 4.79 Å². The average molecular weight is 272 g/mol. The van der Waals surface area contributed by atoms with E-state index in [0.717, 1.165) is 18.7 Å². The zero-order chi connectivity index (χ0) is 13.3. The van der Waals surface area contributed by atoms with E-state index in [1.807, 2.05) is 20.8 Å². The van der Waals surface area contributed by atoms with Crippen molar-refractivity contribution in [2.45, 2.75) is 43.7 Å². The quantitative estimate of drug-likeness (QED) is 0.792. The zero-order valence-electron chi connectivity index (χ0n) is 11.2. The predicted octanol–water partition coefficient (Wildman–Crippen LogP) is 2.10. The van der Waals surface area contributed by atoms with Crippen molar-refractivity contribution in [1.29, 1.82) is 0 Å². The van der Waals surface area contributed by atoms with Crippen LogP contribution in [-0.4, -0.2) is 41.2 Å². The SMILES string of the molecule is CN(C(=O)OC(C)(C)C)C1NC2=CCCOC2S1. The molecule has 2 rings (SSSR count). The Balaban J connectivity index is 1.95. The van der Waals surface area contributed by atoms with E-state index in [2.05, 4.69) is 11.4 Å². The summed E-state index contributed by atoms with van der Waals surface area (Å²) in [4.78, 5) is 13.5. The van der Waals surface area contributed by atoms with Gasteiger partial charge in [0.15, 0.2) is 5.50 Å². The second-order valence-electron chi connectivity index (χ2n) is 5.37. The van der Waals surface area contributed by atoms with Crippen LogP contribution in [0, 0.1) is 0 Å². The fraction of sp³-hybridized carbons (Fsp3) is 0.750. The highest BCUT2D eigenvalue weighted by molar-refractivity contribution is 8.00. The first-order valence-corrected chi connectivity index (χ1v) is 7.00. The van der Waals surface area contributed by atoms with Crippen LogP contribution in [0.25, 0.3) is 0 Å². The molecule has 1 amide bonds. The third kappa shape index (κ3) is 3.11. The van der Waals surface area contributed by atoms with E-state index in [-0.39, 0.29) is 17.0 Å². The minimum Gasteiger partial charge on any atom is -0.444 e. The lowest BCUT2D eigenvalue weighted by molar-refractivity contribution is 0.0270. The van der Waals surface area contributed by atoms with Crippen LogP contribution in [0.5, 0.6) is 0 Å². The lowest BCUT2D eigenvalue weighted by Gasteiger charge is -2.27. The summed E-state index contributed by atoms with van der Waals surface area (Å²) in [7, 11) is 1.73. The smallest absolute Gasteiger partial charge is 0.412 e. The van der Waals surface area contributed by atoms with Crippen molar-refractivity contribution in [3.63, 3.8) is 0 Å². The normalized spacial score (nSPS) is 27.0. The van der Waals surface area contributed by atoms with Crippen LogP contribution in [0.2, 0.25) is 0 Å². The summed E-state index contributed by atoms with van der Waals surface area (Å²) < 4.78 is 11.0. The Hall–Kier alpha value is -0.880. The van der Waals surface area contributed by atoms with E-state index < -0.39 is 5.60 Å². The molecule has 2 atom stereocenters. The van der Waals surface area contributed by atoms with Crippen LogP contribution in [0.3, 0.4) is 0 Å². The number of amides is 1. The van der Waals surface area contributed by atoms with Crippen LogP contribution in [0.1, 0.15) is 27.2 Å². The molecule has 0 spiro atoms. The highest BCUT2D eigenvalue weighted by Crippen LogP contribution is 2.34. The van der Waals surface area contributed by atoms with Crippen molar-refractivity contribution in [3.05, 3.63) is 11.8 Å². The van der Waals surface area contributed by atoms with Crippen molar-refractivity contribution in [2.24, 2.45) is 0 Å². The summed E-state index contributed by atoms with van der Waals surface area (Å²) in [6.45, 7) is 6.32. The second-order valence-corrected chi connectivity index (χ2v) is 6.52. The first-order valence-electron chi connectivity index (χ1n) is 6.06.